The molecular weight excluding hydrogens is 314 g/mol. The number of phenols is 1. The number of thioether (sulfide) groups is 1. The minimum atomic E-state index is 0. The zero-order valence-corrected chi connectivity index (χ0v) is 14.5. The molecule has 0 saturated carbocycles. The standard InChI is InChI=1S/C13H19N3OS2.ClH/c1-5-16(4)12(19-13(18)15(2)3)14-10-6-8-11(17)9-7-10;/h6-9,17H,5H2,1-4H3;1H/b14-12-;. The van der Waals surface area contributed by atoms with Gasteiger partial charge in [-0.2, -0.15) is 0 Å². The lowest BCUT2D eigenvalue weighted by Gasteiger charge is -2.21. The third kappa shape index (κ3) is 5.98. The van der Waals surface area contributed by atoms with E-state index in [2.05, 4.69) is 11.9 Å². The molecule has 0 saturated heterocycles. The maximum absolute atomic E-state index is 9.27. The number of benzene rings is 1. The lowest BCUT2D eigenvalue weighted by molar-refractivity contribution is 0.475. The maximum Gasteiger partial charge on any atom is 0.171 e. The maximum atomic E-state index is 9.27. The minimum absolute atomic E-state index is 0. The molecular formula is C13H20ClN3OS2. The number of aliphatic imine (C=N–C) groups is 1. The number of aromatic hydroxyl groups is 1. The van der Waals surface area contributed by atoms with Gasteiger partial charge in [0.1, 0.15) is 10.1 Å². The Morgan fingerprint density at radius 3 is 2.25 bits per heavy atom. The molecule has 0 unspecified atom stereocenters. The van der Waals surface area contributed by atoms with E-state index in [-0.39, 0.29) is 18.2 Å². The van der Waals surface area contributed by atoms with Gasteiger partial charge in [0.2, 0.25) is 0 Å². The Kier molecular flexibility index (Phi) is 8.60. The quantitative estimate of drug-likeness (QED) is 0.510. The fraction of sp³-hybridized carbons (Fsp3) is 0.385. The first-order chi connectivity index (χ1) is 8.93. The van der Waals surface area contributed by atoms with Gasteiger partial charge in [-0.1, -0.05) is 12.2 Å². The van der Waals surface area contributed by atoms with Crippen molar-refractivity contribution in [3.63, 3.8) is 0 Å². The molecule has 4 nitrogen and oxygen atoms in total. The molecule has 0 aliphatic heterocycles. The Labute approximate surface area is 136 Å². The van der Waals surface area contributed by atoms with Crippen LogP contribution in [0, 0.1) is 0 Å². The molecule has 1 rings (SSSR count). The second-order valence-electron chi connectivity index (χ2n) is 4.19. The first-order valence-corrected chi connectivity index (χ1v) is 7.14. The summed E-state index contributed by atoms with van der Waals surface area (Å²) in [7, 11) is 5.81. The van der Waals surface area contributed by atoms with Crippen LogP contribution in [0.15, 0.2) is 29.3 Å². The van der Waals surface area contributed by atoms with E-state index in [0.717, 1.165) is 21.7 Å². The summed E-state index contributed by atoms with van der Waals surface area (Å²) in [5.74, 6) is 0.237. The van der Waals surface area contributed by atoms with Crippen molar-refractivity contribution in [2.75, 3.05) is 27.7 Å². The van der Waals surface area contributed by atoms with Gasteiger partial charge in [0.15, 0.2) is 5.17 Å². The molecule has 0 atom stereocenters. The summed E-state index contributed by atoms with van der Waals surface area (Å²) >= 11 is 6.76. The SMILES string of the molecule is CCN(C)/C(=N/c1ccc(O)cc1)SC(=S)N(C)C.Cl. The van der Waals surface area contributed by atoms with Gasteiger partial charge >= 0.3 is 0 Å². The minimum Gasteiger partial charge on any atom is -0.508 e. The zero-order chi connectivity index (χ0) is 14.4. The summed E-state index contributed by atoms with van der Waals surface area (Å²) < 4.78 is 0.762. The molecule has 0 aromatic heterocycles. The van der Waals surface area contributed by atoms with E-state index in [1.807, 2.05) is 30.9 Å². The van der Waals surface area contributed by atoms with Crippen LogP contribution in [0.1, 0.15) is 6.92 Å². The second-order valence-corrected chi connectivity index (χ2v) is 5.79. The highest BCUT2D eigenvalue weighted by atomic mass is 35.5. The Morgan fingerprint density at radius 2 is 1.80 bits per heavy atom. The van der Waals surface area contributed by atoms with Crippen LogP contribution in [0.2, 0.25) is 0 Å². The zero-order valence-electron chi connectivity index (χ0n) is 12.0. The predicted octanol–water partition coefficient (Wildman–Crippen LogP) is 3.33. The summed E-state index contributed by atoms with van der Waals surface area (Å²) in [6.07, 6.45) is 0. The van der Waals surface area contributed by atoms with E-state index in [4.69, 9.17) is 12.2 Å². The van der Waals surface area contributed by atoms with Crippen molar-refractivity contribution >= 4 is 51.6 Å². The monoisotopic (exact) mass is 333 g/mol. The van der Waals surface area contributed by atoms with Gasteiger partial charge in [0.05, 0.1) is 5.69 Å². The molecule has 1 aromatic rings. The van der Waals surface area contributed by atoms with Crippen LogP contribution in [0.25, 0.3) is 0 Å². The van der Waals surface area contributed by atoms with E-state index in [1.165, 1.54) is 11.8 Å². The van der Waals surface area contributed by atoms with Crippen LogP contribution >= 0.6 is 36.4 Å². The third-order valence-corrected chi connectivity index (χ3v) is 4.16. The summed E-state index contributed by atoms with van der Waals surface area (Å²) in [6, 6.07) is 6.80. The van der Waals surface area contributed by atoms with Crippen molar-refractivity contribution < 1.29 is 5.11 Å². The van der Waals surface area contributed by atoms with Crippen molar-refractivity contribution in [2.24, 2.45) is 4.99 Å². The van der Waals surface area contributed by atoms with Gasteiger partial charge in [-0.25, -0.2) is 4.99 Å². The van der Waals surface area contributed by atoms with E-state index in [9.17, 15) is 5.11 Å². The fourth-order valence-electron chi connectivity index (χ4n) is 1.13. The number of nitrogens with zero attached hydrogens (tertiary/aromatic N) is 3. The molecule has 0 fully saturated rings. The molecule has 1 N–H and O–H groups in total. The smallest absolute Gasteiger partial charge is 0.171 e. The van der Waals surface area contributed by atoms with Crippen molar-refractivity contribution in [1.29, 1.82) is 0 Å². The lowest BCUT2D eigenvalue weighted by Crippen LogP contribution is -2.27. The van der Waals surface area contributed by atoms with Crippen LogP contribution in [-0.4, -0.2) is 52.1 Å². The van der Waals surface area contributed by atoms with Crippen molar-refractivity contribution in [2.45, 2.75) is 6.92 Å². The number of hydrogen-bond donors (Lipinski definition) is 1. The number of rotatable bonds is 2. The van der Waals surface area contributed by atoms with Crippen LogP contribution in [0.5, 0.6) is 5.75 Å². The second kappa shape index (κ2) is 9.05. The highest BCUT2D eigenvalue weighted by Gasteiger charge is 2.11. The third-order valence-electron chi connectivity index (χ3n) is 2.42. The number of amidine groups is 1. The van der Waals surface area contributed by atoms with Gasteiger partial charge in [-0.05, 0) is 43.0 Å². The molecule has 0 radical (unpaired) electrons. The largest absolute Gasteiger partial charge is 0.508 e. The fourth-order valence-corrected chi connectivity index (χ4v) is 2.13. The number of thiocarbonyl (C=S) groups is 1. The summed E-state index contributed by atoms with van der Waals surface area (Å²) in [5, 5.41) is 10.1. The van der Waals surface area contributed by atoms with E-state index in [1.54, 1.807) is 24.3 Å². The topological polar surface area (TPSA) is 39.1 Å². The summed E-state index contributed by atoms with van der Waals surface area (Å²) in [4.78, 5) is 8.49. The van der Waals surface area contributed by atoms with Gasteiger partial charge in [0, 0.05) is 27.7 Å². The molecule has 0 aliphatic carbocycles. The normalized spacial score (nSPS) is 10.7. The predicted molar refractivity (Wildman–Crippen MR) is 94.6 cm³/mol. The van der Waals surface area contributed by atoms with Crippen LogP contribution in [0.3, 0.4) is 0 Å². The molecule has 0 amide bonds. The van der Waals surface area contributed by atoms with E-state index < -0.39 is 0 Å². The summed E-state index contributed by atoms with van der Waals surface area (Å²) in [6.45, 7) is 2.91. The van der Waals surface area contributed by atoms with Gasteiger partial charge in [-0.3, -0.25) is 0 Å². The number of hydrogen-bond acceptors (Lipinski definition) is 4. The summed E-state index contributed by atoms with van der Waals surface area (Å²) in [5.41, 5.74) is 0.794. The Balaban J connectivity index is 0.00000361. The molecule has 0 bridgehead atoms. The Morgan fingerprint density at radius 1 is 1.25 bits per heavy atom. The molecule has 20 heavy (non-hydrogen) atoms. The highest BCUT2D eigenvalue weighted by Crippen LogP contribution is 2.21. The Hall–Kier alpha value is -0.980. The van der Waals surface area contributed by atoms with Crippen molar-refractivity contribution in [3.05, 3.63) is 24.3 Å². The first kappa shape index (κ1) is 19.0. The number of halogens is 1. The molecule has 7 heteroatoms. The highest BCUT2D eigenvalue weighted by molar-refractivity contribution is 8.32. The van der Waals surface area contributed by atoms with Crippen molar-refractivity contribution in [1.82, 2.24) is 9.80 Å². The number of phenolic OH excluding ortho intramolecular Hbond substituents is 1. The van der Waals surface area contributed by atoms with Crippen LogP contribution in [-0.2, 0) is 0 Å². The molecule has 112 valence electrons. The average Bonchev–Trinajstić information content (AvgIpc) is 2.39. The van der Waals surface area contributed by atoms with Gasteiger partial charge < -0.3 is 14.9 Å². The molecule has 0 spiro atoms. The van der Waals surface area contributed by atoms with E-state index in [0.29, 0.717) is 0 Å². The lowest BCUT2D eigenvalue weighted by atomic mass is 10.3. The Bertz CT molecular complexity index is 463. The van der Waals surface area contributed by atoms with Gasteiger partial charge in [0.25, 0.3) is 0 Å². The average molecular weight is 334 g/mol. The van der Waals surface area contributed by atoms with Crippen LogP contribution in [0.4, 0.5) is 5.69 Å². The first-order valence-electron chi connectivity index (χ1n) is 5.92. The van der Waals surface area contributed by atoms with Gasteiger partial charge in [-0.15, -0.1) is 12.4 Å². The molecule has 0 aliphatic rings. The molecule has 1 aromatic carbocycles. The van der Waals surface area contributed by atoms with Crippen LogP contribution < -0.4 is 0 Å². The van der Waals surface area contributed by atoms with Crippen molar-refractivity contribution in [3.8, 4) is 5.75 Å². The molecule has 0 heterocycles. The van der Waals surface area contributed by atoms with E-state index >= 15 is 0 Å².